The molecule has 0 saturated carbocycles. The molecule has 6 heteroatoms. The summed E-state index contributed by atoms with van der Waals surface area (Å²) in [7, 11) is 1.80. The molecule has 0 amide bonds. The average molecular weight is 343 g/mol. The van der Waals surface area contributed by atoms with Crippen molar-refractivity contribution in [1.29, 1.82) is 0 Å². The number of rotatable bonds is 4. The van der Waals surface area contributed by atoms with E-state index in [2.05, 4.69) is 26.0 Å². The molecule has 2 aromatic heterocycles. The summed E-state index contributed by atoms with van der Waals surface area (Å²) >= 11 is 9.53. The zero-order valence-corrected chi connectivity index (χ0v) is 13.0. The fraction of sp³-hybridized carbons (Fsp3) is 0.308. The van der Waals surface area contributed by atoms with Crippen LogP contribution in [0.25, 0.3) is 0 Å². The Bertz CT molecular complexity index is 624. The molecule has 19 heavy (non-hydrogen) atoms. The smallest absolute Gasteiger partial charge is 0.170 e. The standard InChI is InChI=1S/C13H13BrClN3O/c1-3-10-13(15)11(18(2)17-10)5-12(19)8-4-9(14)7-16-6-8/h4,6-7H,3,5H2,1-2H3. The average Bonchev–Trinajstić information content (AvgIpc) is 2.66. The van der Waals surface area contributed by atoms with Crippen molar-refractivity contribution in [2.45, 2.75) is 19.8 Å². The summed E-state index contributed by atoms with van der Waals surface area (Å²) < 4.78 is 2.45. The zero-order chi connectivity index (χ0) is 14.0. The monoisotopic (exact) mass is 341 g/mol. The van der Waals surface area contributed by atoms with Crippen molar-refractivity contribution in [3.63, 3.8) is 0 Å². The Hall–Kier alpha value is -1.20. The van der Waals surface area contributed by atoms with Gasteiger partial charge in [0.1, 0.15) is 0 Å². The summed E-state index contributed by atoms with van der Waals surface area (Å²) in [5.41, 5.74) is 2.12. The molecule has 0 aliphatic heterocycles. The lowest BCUT2D eigenvalue weighted by molar-refractivity contribution is 0.0990. The molecule has 2 heterocycles. The number of carbonyl (C=O) groups excluding carboxylic acids is 1. The number of carbonyl (C=O) groups is 1. The lowest BCUT2D eigenvalue weighted by Crippen LogP contribution is -2.08. The summed E-state index contributed by atoms with van der Waals surface area (Å²) in [4.78, 5) is 16.2. The number of halogens is 2. The zero-order valence-electron chi connectivity index (χ0n) is 10.7. The van der Waals surface area contributed by atoms with Crippen molar-refractivity contribution in [2.24, 2.45) is 7.05 Å². The van der Waals surface area contributed by atoms with Crippen LogP contribution in [-0.2, 0) is 19.9 Å². The largest absolute Gasteiger partial charge is 0.294 e. The van der Waals surface area contributed by atoms with Gasteiger partial charge in [-0.2, -0.15) is 5.10 Å². The van der Waals surface area contributed by atoms with Crippen LogP contribution in [0.1, 0.15) is 28.7 Å². The lowest BCUT2D eigenvalue weighted by Gasteiger charge is -2.03. The molecule has 0 radical (unpaired) electrons. The molecule has 0 bridgehead atoms. The van der Waals surface area contributed by atoms with E-state index in [1.807, 2.05) is 6.92 Å². The molecule has 0 unspecified atom stereocenters. The molecule has 2 aromatic rings. The highest BCUT2D eigenvalue weighted by atomic mass is 79.9. The van der Waals surface area contributed by atoms with Gasteiger partial charge in [0, 0.05) is 29.5 Å². The van der Waals surface area contributed by atoms with E-state index >= 15 is 0 Å². The summed E-state index contributed by atoms with van der Waals surface area (Å²) in [6.45, 7) is 1.98. The lowest BCUT2D eigenvalue weighted by atomic mass is 10.1. The van der Waals surface area contributed by atoms with E-state index in [0.717, 1.165) is 22.3 Å². The first-order valence-corrected chi connectivity index (χ1v) is 7.04. The SMILES string of the molecule is CCc1nn(C)c(CC(=O)c2cncc(Br)c2)c1Cl. The van der Waals surface area contributed by atoms with Gasteiger partial charge in [0.05, 0.1) is 22.8 Å². The van der Waals surface area contributed by atoms with E-state index in [9.17, 15) is 4.79 Å². The highest BCUT2D eigenvalue weighted by molar-refractivity contribution is 9.10. The minimum absolute atomic E-state index is 0.0265. The van der Waals surface area contributed by atoms with Crippen LogP contribution in [0.3, 0.4) is 0 Å². The molecule has 2 rings (SSSR count). The normalized spacial score (nSPS) is 10.7. The number of aromatic nitrogens is 3. The third kappa shape index (κ3) is 3.04. The highest BCUT2D eigenvalue weighted by Crippen LogP contribution is 2.22. The molecule has 0 aliphatic rings. The van der Waals surface area contributed by atoms with Gasteiger partial charge < -0.3 is 0 Å². The molecule has 0 aromatic carbocycles. The second-order valence-electron chi connectivity index (χ2n) is 4.18. The van der Waals surface area contributed by atoms with Crippen LogP contribution < -0.4 is 0 Å². The molecule has 0 atom stereocenters. The van der Waals surface area contributed by atoms with Crippen LogP contribution in [0.5, 0.6) is 0 Å². The van der Waals surface area contributed by atoms with Gasteiger partial charge >= 0.3 is 0 Å². The second-order valence-corrected chi connectivity index (χ2v) is 5.47. The first kappa shape index (κ1) is 14.2. The predicted octanol–water partition coefficient (Wildman–Crippen LogP) is 3.22. The van der Waals surface area contributed by atoms with Gasteiger partial charge in [-0.05, 0) is 28.4 Å². The molecule has 0 N–H and O–H groups in total. The maximum atomic E-state index is 12.2. The van der Waals surface area contributed by atoms with Gasteiger partial charge in [0.25, 0.3) is 0 Å². The summed E-state index contributed by atoms with van der Waals surface area (Å²) in [5, 5.41) is 4.89. The highest BCUT2D eigenvalue weighted by Gasteiger charge is 2.17. The summed E-state index contributed by atoms with van der Waals surface area (Å²) in [6, 6.07) is 1.75. The van der Waals surface area contributed by atoms with E-state index in [-0.39, 0.29) is 12.2 Å². The van der Waals surface area contributed by atoms with Crippen molar-refractivity contribution >= 4 is 33.3 Å². The number of hydrogen-bond acceptors (Lipinski definition) is 3. The Morgan fingerprint density at radius 2 is 2.21 bits per heavy atom. The van der Waals surface area contributed by atoms with Crippen molar-refractivity contribution < 1.29 is 4.79 Å². The minimum Gasteiger partial charge on any atom is -0.294 e. The molecule has 100 valence electrons. The number of ketones is 1. The molecule has 0 spiro atoms. The van der Waals surface area contributed by atoms with Crippen LogP contribution in [0.15, 0.2) is 22.9 Å². The Balaban J connectivity index is 2.27. The van der Waals surface area contributed by atoms with E-state index in [1.54, 1.807) is 30.2 Å². The molecular formula is C13H13BrClN3O. The Morgan fingerprint density at radius 3 is 2.79 bits per heavy atom. The summed E-state index contributed by atoms with van der Waals surface area (Å²) in [5.74, 6) is -0.0265. The minimum atomic E-state index is -0.0265. The Morgan fingerprint density at radius 1 is 1.47 bits per heavy atom. The Kier molecular flexibility index (Phi) is 4.37. The van der Waals surface area contributed by atoms with Crippen LogP contribution >= 0.6 is 27.5 Å². The van der Waals surface area contributed by atoms with Crippen LogP contribution in [0, 0.1) is 0 Å². The van der Waals surface area contributed by atoms with Gasteiger partial charge in [0.2, 0.25) is 0 Å². The van der Waals surface area contributed by atoms with Crippen molar-refractivity contribution in [2.75, 3.05) is 0 Å². The fourth-order valence-corrected chi connectivity index (χ4v) is 2.56. The van der Waals surface area contributed by atoms with Gasteiger partial charge in [-0.15, -0.1) is 0 Å². The van der Waals surface area contributed by atoms with Crippen LogP contribution in [0.4, 0.5) is 0 Å². The van der Waals surface area contributed by atoms with Crippen LogP contribution in [0.2, 0.25) is 5.02 Å². The van der Waals surface area contributed by atoms with Gasteiger partial charge in [-0.1, -0.05) is 18.5 Å². The first-order valence-electron chi connectivity index (χ1n) is 5.87. The Labute approximate surface area is 124 Å². The van der Waals surface area contributed by atoms with Gasteiger partial charge in [-0.25, -0.2) is 0 Å². The van der Waals surface area contributed by atoms with Crippen molar-refractivity contribution in [3.8, 4) is 0 Å². The van der Waals surface area contributed by atoms with E-state index in [0.29, 0.717) is 10.6 Å². The molecule has 0 aliphatic carbocycles. The topological polar surface area (TPSA) is 47.8 Å². The van der Waals surface area contributed by atoms with Gasteiger partial charge in [-0.3, -0.25) is 14.5 Å². The number of pyridine rings is 1. The summed E-state index contributed by atoms with van der Waals surface area (Å²) in [6.07, 6.45) is 4.17. The third-order valence-electron chi connectivity index (χ3n) is 2.86. The van der Waals surface area contributed by atoms with Crippen LogP contribution in [-0.4, -0.2) is 20.5 Å². The maximum Gasteiger partial charge on any atom is 0.170 e. The quantitative estimate of drug-likeness (QED) is 0.802. The van der Waals surface area contributed by atoms with E-state index < -0.39 is 0 Å². The number of Topliss-reactive ketones (excluding diaryl/α,β-unsaturated/α-hetero) is 1. The van der Waals surface area contributed by atoms with Gasteiger partial charge in [0.15, 0.2) is 5.78 Å². The molecular weight excluding hydrogens is 330 g/mol. The predicted molar refractivity (Wildman–Crippen MR) is 77.6 cm³/mol. The number of hydrogen-bond donors (Lipinski definition) is 0. The molecule has 0 saturated heterocycles. The number of nitrogens with zero attached hydrogens (tertiary/aromatic N) is 3. The third-order valence-corrected chi connectivity index (χ3v) is 3.73. The molecule has 0 fully saturated rings. The molecule has 4 nitrogen and oxygen atoms in total. The van der Waals surface area contributed by atoms with E-state index in [4.69, 9.17) is 11.6 Å². The van der Waals surface area contributed by atoms with Crippen molar-refractivity contribution in [1.82, 2.24) is 14.8 Å². The van der Waals surface area contributed by atoms with Crippen molar-refractivity contribution in [3.05, 3.63) is 44.9 Å². The van der Waals surface area contributed by atoms with E-state index in [1.165, 1.54) is 0 Å². The fourth-order valence-electron chi connectivity index (χ4n) is 1.83. The first-order chi connectivity index (χ1) is 9.02. The number of aryl methyl sites for hydroxylation is 2. The second kappa shape index (κ2) is 5.84. The maximum absolute atomic E-state index is 12.2.